The number of benzene rings is 1. The maximum Gasteiger partial charge on any atom is 0.468 e. The molecular weight excluding hydrogens is 504 g/mol. The summed E-state index contributed by atoms with van der Waals surface area (Å²) >= 11 is 0. The minimum absolute atomic E-state index is 0.635. The van der Waals surface area contributed by atoms with Crippen LogP contribution in [0, 0.1) is 0 Å². The van der Waals surface area contributed by atoms with Gasteiger partial charge in [-0.1, -0.05) is 24.8 Å². The van der Waals surface area contributed by atoms with E-state index in [0.717, 1.165) is 24.3 Å². The summed E-state index contributed by atoms with van der Waals surface area (Å²) < 4.78 is 150. The first kappa shape index (κ1) is 28.2. The van der Waals surface area contributed by atoms with Crippen LogP contribution in [0.4, 0.5) is 35.1 Å². The lowest BCUT2D eigenvalue weighted by molar-refractivity contribution is -0.354. The van der Waals surface area contributed by atoms with Crippen LogP contribution in [-0.4, -0.2) is 54.7 Å². The van der Waals surface area contributed by atoms with Crippen molar-refractivity contribution in [1.82, 2.24) is 0 Å². The van der Waals surface area contributed by atoms with Gasteiger partial charge in [-0.3, -0.25) is 0 Å². The van der Waals surface area contributed by atoms with Crippen molar-refractivity contribution in [2.24, 2.45) is 0 Å². The average molecular weight is 515 g/mol. The normalized spacial score (nSPS) is 14.8. The molecule has 0 saturated carbocycles. The summed E-state index contributed by atoms with van der Waals surface area (Å²) in [6.45, 7) is 0.0364. The molecule has 0 spiro atoms. The molecule has 1 aromatic rings. The number of alkyl halides is 7. The molecular formula is C16H11F8O8S-. The monoisotopic (exact) mass is 515 g/mol. The van der Waals surface area contributed by atoms with Crippen LogP contribution in [0.5, 0.6) is 5.75 Å². The lowest BCUT2D eigenvalue weighted by Gasteiger charge is -2.33. The maximum absolute atomic E-state index is 13.7. The minimum atomic E-state index is -6.99. The Morgan fingerprint density at radius 3 is 1.94 bits per heavy atom. The number of hydrogen-bond donors (Lipinski definition) is 0. The zero-order chi connectivity index (χ0) is 25.9. The van der Waals surface area contributed by atoms with Gasteiger partial charge in [0.1, 0.15) is 5.75 Å². The molecule has 33 heavy (non-hydrogen) atoms. The Bertz CT molecular complexity index is 994. The summed E-state index contributed by atoms with van der Waals surface area (Å²) in [7, 11) is -6.99. The number of carbonyl (C=O) groups excluding carboxylic acids is 2. The molecule has 0 N–H and O–H groups in total. The van der Waals surface area contributed by atoms with E-state index < -0.39 is 69.8 Å². The third-order valence-electron chi connectivity index (χ3n) is 3.51. The fourth-order valence-corrected chi connectivity index (χ4v) is 2.35. The van der Waals surface area contributed by atoms with Gasteiger partial charge in [-0.05, 0) is 12.1 Å². The predicted octanol–water partition coefficient (Wildman–Crippen LogP) is 3.06. The van der Waals surface area contributed by atoms with Crippen LogP contribution in [0.1, 0.15) is 6.42 Å². The summed E-state index contributed by atoms with van der Waals surface area (Å²) in [4.78, 5) is 23.5. The van der Waals surface area contributed by atoms with E-state index in [9.17, 15) is 57.7 Å². The van der Waals surface area contributed by atoms with E-state index in [1.807, 2.05) is 0 Å². The van der Waals surface area contributed by atoms with E-state index in [4.69, 9.17) is 0 Å². The number of halogens is 8. The number of carbonyl (C=O) groups is 2. The number of para-hydroxylation sites is 1. The SMILES string of the molecule is C=C(F)C(=O)OC(OCCC(F)(F)C(F)(F)S(=O)(=O)[O-])(C(=O)Oc1ccccc1)C(F)(F)F. The Morgan fingerprint density at radius 1 is 1.00 bits per heavy atom. The Morgan fingerprint density at radius 2 is 1.52 bits per heavy atom. The second-order valence-electron chi connectivity index (χ2n) is 5.89. The summed E-state index contributed by atoms with van der Waals surface area (Å²) in [5, 5.41) is -6.29. The van der Waals surface area contributed by atoms with Gasteiger partial charge in [-0.15, -0.1) is 0 Å². The van der Waals surface area contributed by atoms with Crippen LogP contribution in [0.3, 0.4) is 0 Å². The Hall–Kier alpha value is -2.79. The highest BCUT2D eigenvalue weighted by Gasteiger charge is 2.69. The molecule has 0 heterocycles. The number of ether oxygens (including phenoxy) is 3. The fourth-order valence-electron chi connectivity index (χ4n) is 1.89. The van der Waals surface area contributed by atoms with Crippen LogP contribution in [-0.2, 0) is 29.2 Å². The number of hydrogen-bond acceptors (Lipinski definition) is 8. The molecule has 0 fully saturated rings. The standard InChI is InChI=1S/C16H12F8O8S/c1-9(17)11(25)32-14(15(20,21)22,12(26)31-10-5-3-2-4-6-10)30-8-7-13(18,19)16(23,24)33(27,28)29/h2-6H,1,7-8H2,(H,27,28,29)/p-1. The van der Waals surface area contributed by atoms with Crippen molar-refractivity contribution < 1.29 is 71.9 Å². The largest absolute Gasteiger partial charge is 0.743 e. The predicted molar refractivity (Wildman–Crippen MR) is 87.4 cm³/mol. The molecule has 1 atom stereocenters. The lowest BCUT2D eigenvalue weighted by atomic mass is 10.2. The Labute approximate surface area is 179 Å². The molecule has 1 rings (SSSR count). The molecule has 17 heteroatoms. The van der Waals surface area contributed by atoms with Crippen LogP contribution >= 0.6 is 0 Å². The first-order valence-corrected chi connectivity index (χ1v) is 9.46. The van der Waals surface area contributed by atoms with E-state index in [0.29, 0.717) is 0 Å². The van der Waals surface area contributed by atoms with Gasteiger partial charge in [-0.25, -0.2) is 18.0 Å². The Kier molecular flexibility index (Phi) is 8.22. The average Bonchev–Trinajstić information content (AvgIpc) is 2.65. The molecule has 186 valence electrons. The van der Waals surface area contributed by atoms with Gasteiger partial charge in [0.15, 0.2) is 10.1 Å². The maximum atomic E-state index is 13.7. The molecule has 0 aliphatic rings. The van der Waals surface area contributed by atoms with Crippen molar-refractivity contribution >= 4 is 22.1 Å². The van der Waals surface area contributed by atoms with Gasteiger partial charge in [0.2, 0.25) is 5.83 Å². The zero-order valence-corrected chi connectivity index (χ0v) is 16.5. The van der Waals surface area contributed by atoms with Crippen LogP contribution < -0.4 is 4.74 Å². The number of esters is 2. The third kappa shape index (κ3) is 6.17. The van der Waals surface area contributed by atoms with Crippen LogP contribution in [0.15, 0.2) is 42.7 Å². The first-order chi connectivity index (χ1) is 14.8. The van der Waals surface area contributed by atoms with Crippen molar-refractivity contribution in [1.29, 1.82) is 0 Å². The van der Waals surface area contributed by atoms with Crippen molar-refractivity contribution in [3.63, 3.8) is 0 Å². The molecule has 8 nitrogen and oxygen atoms in total. The molecule has 1 aromatic carbocycles. The van der Waals surface area contributed by atoms with Crippen molar-refractivity contribution in [3.8, 4) is 5.75 Å². The van der Waals surface area contributed by atoms with Crippen molar-refractivity contribution in [2.45, 2.75) is 29.6 Å². The fraction of sp³-hybridized carbons (Fsp3) is 0.375. The molecule has 1 unspecified atom stereocenters. The highest BCUT2D eigenvalue weighted by atomic mass is 32.2. The van der Waals surface area contributed by atoms with Gasteiger partial charge < -0.3 is 18.8 Å². The molecule has 0 aliphatic heterocycles. The lowest BCUT2D eigenvalue weighted by Crippen LogP contribution is -2.59. The summed E-state index contributed by atoms with van der Waals surface area (Å²) in [5.74, 6) is -18.9. The number of rotatable bonds is 10. The van der Waals surface area contributed by atoms with Gasteiger partial charge in [-0.2, -0.15) is 35.1 Å². The second kappa shape index (κ2) is 9.60. The quantitative estimate of drug-likeness (QED) is 0.117. The summed E-state index contributed by atoms with van der Waals surface area (Å²) in [6.07, 6.45) is -8.79. The molecule has 0 saturated heterocycles. The topological polar surface area (TPSA) is 119 Å². The summed E-state index contributed by atoms with van der Waals surface area (Å²) in [5.41, 5.74) is 0. The highest BCUT2D eigenvalue weighted by molar-refractivity contribution is 7.86. The smallest absolute Gasteiger partial charge is 0.468 e. The van der Waals surface area contributed by atoms with Gasteiger partial charge >= 0.3 is 35.1 Å². The van der Waals surface area contributed by atoms with E-state index >= 15 is 0 Å². The first-order valence-electron chi connectivity index (χ1n) is 8.05. The third-order valence-corrected chi connectivity index (χ3v) is 4.44. The van der Waals surface area contributed by atoms with Crippen molar-refractivity contribution in [3.05, 3.63) is 42.7 Å². The second-order valence-corrected chi connectivity index (χ2v) is 7.31. The molecule has 0 bridgehead atoms. The van der Waals surface area contributed by atoms with Crippen LogP contribution in [0.2, 0.25) is 0 Å². The van der Waals surface area contributed by atoms with E-state index in [1.54, 1.807) is 0 Å². The minimum Gasteiger partial charge on any atom is -0.743 e. The Balaban J connectivity index is 3.35. The molecule has 0 amide bonds. The zero-order valence-electron chi connectivity index (χ0n) is 15.7. The highest BCUT2D eigenvalue weighted by Crippen LogP contribution is 2.42. The van der Waals surface area contributed by atoms with Gasteiger partial charge in [0, 0.05) is 6.42 Å². The molecule has 0 aliphatic carbocycles. The van der Waals surface area contributed by atoms with Gasteiger partial charge in [0.05, 0.1) is 6.61 Å². The van der Waals surface area contributed by atoms with E-state index in [-0.39, 0.29) is 0 Å². The van der Waals surface area contributed by atoms with Gasteiger partial charge in [0.25, 0.3) is 0 Å². The van der Waals surface area contributed by atoms with E-state index in [1.165, 1.54) is 6.07 Å². The van der Waals surface area contributed by atoms with Crippen molar-refractivity contribution in [2.75, 3.05) is 6.61 Å². The van der Waals surface area contributed by atoms with Crippen LogP contribution in [0.25, 0.3) is 0 Å². The summed E-state index contributed by atoms with van der Waals surface area (Å²) in [6, 6.07) is 5.44. The molecule has 0 aromatic heterocycles. The van der Waals surface area contributed by atoms with E-state index in [2.05, 4.69) is 20.8 Å². The molecule has 0 radical (unpaired) electrons.